The zero-order valence-corrected chi connectivity index (χ0v) is 11.6. The topological polar surface area (TPSA) is 44.8 Å². The Bertz CT molecular complexity index is 533. The Morgan fingerprint density at radius 3 is 2.42 bits per heavy atom. The van der Waals surface area contributed by atoms with E-state index in [4.69, 9.17) is 14.2 Å². The summed E-state index contributed by atoms with van der Waals surface area (Å²) in [4.78, 5) is 11.9. The van der Waals surface area contributed by atoms with Crippen LogP contribution >= 0.6 is 0 Å². The van der Waals surface area contributed by atoms with Crippen molar-refractivity contribution >= 4 is 5.97 Å². The van der Waals surface area contributed by atoms with E-state index in [9.17, 15) is 4.79 Å². The number of methoxy groups -OCH3 is 2. The molecule has 2 rings (SSSR count). The molecule has 0 aliphatic carbocycles. The Morgan fingerprint density at radius 1 is 1.32 bits per heavy atom. The lowest BCUT2D eigenvalue weighted by Gasteiger charge is -2.19. The van der Waals surface area contributed by atoms with E-state index in [1.807, 2.05) is 19.9 Å². The lowest BCUT2D eigenvalue weighted by atomic mass is 9.91. The summed E-state index contributed by atoms with van der Waals surface area (Å²) in [6, 6.07) is 3.48. The molecule has 0 saturated carbocycles. The highest BCUT2D eigenvalue weighted by atomic mass is 16.6. The van der Waals surface area contributed by atoms with E-state index in [2.05, 4.69) is 6.58 Å². The number of hydrogen-bond acceptors (Lipinski definition) is 4. The fourth-order valence-electron chi connectivity index (χ4n) is 2.18. The van der Waals surface area contributed by atoms with Crippen LogP contribution in [0, 0.1) is 5.92 Å². The van der Waals surface area contributed by atoms with E-state index in [0.717, 1.165) is 11.1 Å². The summed E-state index contributed by atoms with van der Waals surface area (Å²) in [7, 11) is 3.11. The van der Waals surface area contributed by atoms with Crippen LogP contribution in [0.15, 0.2) is 24.3 Å². The Morgan fingerprint density at radius 2 is 1.89 bits per heavy atom. The van der Waals surface area contributed by atoms with Gasteiger partial charge < -0.3 is 14.2 Å². The first kappa shape index (κ1) is 13.5. The Hall–Kier alpha value is -1.97. The zero-order valence-electron chi connectivity index (χ0n) is 11.6. The molecule has 19 heavy (non-hydrogen) atoms. The molecule has 1 aromatic rings. The summed E-state index contributed by atoms with van der Waals surface area (Å²) in [5, 5.41) is 0. The minimum atomic E-state index is -0.325. The molecule has 0 saturated heterocycles. The molecule has 102 valence electrons. The molecular formula is C15H18O4. The molecule has 1 heterocycles. The number of benzene rings is 1. The molecule has 1 aromatic carbocycles. The van der Waals surface area contributed by atoms with Gasteiger partial charge in [-0.3, -0.25) is 0 Å². The predicted octanol–water partition coefficient (Wildman–Crippen LogP) is 3.13. The summed E-state index contributed by atoms with van der Waals surface area (Å²) in [6.45, 7) is 7.85. The van der Waals surface area contributed by atoms with E-state index in [-0.39, 0.29) is 18.0 Å². The third kappa shape index (κ3) is 2.18. The second-order valence-electron chi connectivity index (χ2n) is 4.76. The maximum absolute atomic E-state index is 11.9. The first-order valence-electron chi connectivity index (χ1n) is 6.11. The first-order chi connectivity index (χ1) is 8.99. The molecule has 1 aliphatic rings. The van der Waals surface area contributed by atoms with Crippen molar-refractivity contribution in [1.29, 1.82) is 0 Å². The predicted molar refractivity (Wildman–Crippen MR) is 71.7 cm³/mol. The molecule has 4 nitrogen and oxygen atoms in total. The van der Waals surface area contributed by atoms with E-state index in [1.165, 1.54) is 0 Å². The Balaban J connectivity index is 2.51. The van der Waals surface area contributed by atoms with E-state index >= 15 is 0 Å². The number of rotatable bonds is 4. The highest BCUT2D eigenvalue weighted by Gasteiger charge is 2.36. The maximum atomic E-state index is 11.9. The fourth-order valence-corrected chi connectivity index (χ4v) is 2.18. The maximum Gasteiger partial charge on any atom is 0.339 e. The molecule has 0 fully saturated rings. The van der Waals surface area contributed by atoms with Crippen LogP contribution in [0.3, 0.4) is 0 Å². The van der Waals surface area contributed by atoms with E-state index < -0.39 is 0 Å². The lowest BCUT2D eigenvalue weighted by Crippen LogP contribution is -2.10. The average Bonchev–Trinajstić information content (AvgIpc) is 2.72. The number of cyclic esters (lactones) is 1. The van der Waals surface area contributed by atoms with Crippen molar-refractivity contribution in [2.24, 2.45) is 5.92 Å². The normalized spacial score (nSPS) is 18.5. The van der Waals surface area contributed by atoms with Gasteiger partial charge in [0.2, 0.25) is 0 Å². The van der Waals surface area contributed by atoms with Crippen molar-refractivity contribution in [1.82, 2.24) is 0 Å². The van der Waals surface area contributed by atoms with Crippen molar-refractivity contribution < 1.29 is 19.0 Å². The van der Waals surface area contributed by atoms with Gasteiger partial charge in [0.05, 0.1) is 19.8 Å². The molecule has 0 aromatic heterocycles. The molecule has 4 heteroatoms. The summed E-state index contributed by atoms with van der Waals surface area (Å²) < 4.78 is 15.9. The molecule has 2 atom stereocenters. The molecule has 0 spiro atoms. The molecule has 0 bridgehead atoms. The van der Waals surface area contributed by atoms with Gasteiger partial charge in [0.25, 0.3) is 0 Å². The SMILES string of the molecule is C=C(C)C(C)C1OC(=O)c2cc(OC)c(OC)cc21. The quantitative estimate of drug-likeness (QED) is 0.617. The van der Waals surface area contributed by atoms with Crippen LogP contribution in [-0.4, -0.2) is 20.2 Å². The monoisotopic (exact) mass is 262 g/mol. The molecule has 0 amide bonds. The van der Waals surface area contributed by atoms with Crippen LogP contribution in [0.4, 0.5) is 0 Å². The third-order valence-electron chi connectivity index (χ3n) is 3.55. The van der Waals surface area contributed by atoms with Gasteiger partial charge in [-0.05, 0) is 19.1 Å². The molecule has 0 N–H and O–H groups in total. The highest BCUT2D eigenvalue weighted by Crippen LogP contribution is 2.43. The van der Waals surface area contributed by atoms with Gasteiger partial charge in [-0.15, -0.1) is 0 Å². The molecule has 1 aliphatic heterocycles. The summed E-state index contributed by atoms with van der Waals surface area (Å²) in [5.41, 5.74) is 2.34. The van der Waals surface area contributed by atoms with Crippen molar-refractivity contribution in [2.75, 3.05) is 14.2 Å². The smallest absolute Gasteiger partial charge is 0.339 e. The molecule has 0 radical (unpaired) electrons. The number of hydrogen-bond donors (Lipinski definition) is 0. The average molecular weight is 262 g/mol. The number of ether oxygens (including phenoxy) is 3. The molecular weight excluding hydrogens is 244 g/mol. The van der Waals surface area contributed by atoms with Crippen molar-refractivity contribution in [2.45, 2.75) is 20.0 Å². The van der Waals surface area contributed by atoms with Crippen LogP contribution in [0.5, 0.6) is 11.5 Å². The summed E-state index contributed by atoms with van der Waals surface area (Å²) in [6.07, 6.45) is -0.306. The van der Waals surface area contributed by atoms with Crippen LogP contribution in [-0.2, 0) is 4.74 Å². The highest BCUT2D eigenvalue weighted by molar-refractivity contribution is 5.95. The number of esters is 1. The van der Waals surface area contributed by atoms with Gasteiger partial charge in [0.15, 0.2) is 11.5 Å². The van der Waals surface area contributed by atoms with E-state index in [1.54, 1.807) is 20.3 Å². The van der Waals surface area contributed by atoms with Gasteiger partial charge in [-0.25, -0.2) is 4.79 Å². The van der Waals surface area contributed by atoms with Gasteiger partial charge in [-0.2, -0.15) is 0 Å². The van der Waals surface area contributed by atoms with Gasteiger partial charge >= 0.3 is 5.97 Å². The minimum Gasteiger partial charge on any atom is -0.493 e. The first-order valence-corrected chi connectivity index (χ1v) is 6.11. The van der Waals surface area contributed by atoms with Gasteiger partial charge in [-0.1, -0.05) is 19.1 Å². The summed E-state index contributed by atoms with van der Waals surface area (Å²) >= 11 is 0. The van der Waals surface area contributed by atoms with E-state index in [0.29, 0.717) is 17.1 Å². The van der Waals surface area contributed by atoms with Crippen LogP contribution in [0.25, 0.3) is 0 Å². The van der Waals surface area contributed by atoms with Crippen molar-refractivity contribution in [3.63, 3.8) is 0 Å². The minimum absolute atomic E-state index is 0.0586. The second-order valence-corrected chi connectivity index (χ2v) is 4.76. The number of carbonyl (C=O) groups excluding carboxylic acids is 1. The summed E-state index contributed by atoms with van der Waals surface area (Å²) in [5.74, 6) is 0.859. The van der Waals surface area contributed by atoms with Crippen LogP contribution in [0.1, 0.15) is 35.9 Å². The third-order valence-corrected chi connectivity index (χ3v) is 3.55. The molecule has 2 unspecified atom stereocenters. The van der Waals surface area contributed by atoms with Crippen LogP contribution in [0.2, 0.25) is 0 Å². The Labute approximate surface area is 113 Å². The lowest BCUT2D eigenvalue weighted by molar-refractivity contribution is 0.0299. The Kier molecular flexibility index (Phi) is 3.51. The van der Waals surface area contributed by atoms with Crippen molar-refractivity contribution in [3.8, 4) is 11.5 Å². The van der Waals surface area contributed by atoms with Gasteiger partial charge in [0.1, 0.15) is 6.10 Å². The van der Waals surface area contributed by atoms with Gasteiger partial charge in [0, 0.05) is 11.5 Å². The second kappa shape index (κ2) is 4.96. The van der Waals surface area contributed by atoms with Crippen molar-refractivity contribution in [3.05, 3.63) is 35.4 Å². The van der Waals surface area contributed by atoms with Crippen LogP contribution < -0.4 is 9.47 Å². The number of carbonyl (C=O) groups is 1. The zero-order chi connectivity index (χ0) is 14.2. The number of fused-ring (bicyclic) bond motifs is 1. The standard InChI is InChI=1S/C15H18O4/c1-8(2)9(3)14-10-6-12(17-4)13(18-5)7-11(10)15(16)19-14/h6-7,9,14H,1H2,2-5H3. The largest absolute Gasteiger partial charge is 0.493 e. The fraction of sp³-hybridized carbons (Fsp3) is 0.400.